The maximum atomic E-state index is 12.9. The Morgan fingerprint density at radius 3 is 2.96 bits per heavy atom. The number of amides is 2. The van der Waals surface area contributed by atoms with Crippen LogP contribution in [0.3, 0.4) is 0 Å². The zero-order valence-electron chi connectivity index (χ0n) is 14.8. The molecule has 0 spiro atoms. The second-order valence-electron chi connectivity index (χ2n) is 6.47. The second-order valence-corrected chi connectivity index (χ2v) is 8.65. The Morgan fingerprint density at radius 2 is 2.18 bits per heavy atom. The first kappa shape index (κ1) is 19.0. The van der Waals surface area contributed by atoms with E-state index >= 15 is 0 Å². The minimum Gasteiger partial charge on any atom is -0.336 e. The van der Waals surface area contributed by atoms with E-state index in [-0.39, 0.29) is 17.7 Å². The number of hydrogen-bond acceptors (Lipinski definition) is 6. The molecule has 4 rings (SSSR count). The average molecular weight is 433 g/mol. The molecule has 1 aromatic carbocycles. The second kappa shape index (κ2) is 8.38. The van der Waals surface area contributed by atoms with Crippen LogP contribution < -0.4 is 5.32 Å². The van der Waals surface area contributed by atoms with Gasteiger partial charge in [0.25, 0.3) is 5.91 Å². The molecule has 144 valence electrons. The van der Waals surface area contributed by atoms with Crippen LogP contribution >= 0.6 is 34.3 Å². The van der Waals surface area contributed by atoms with Crippen molar-refractivity contribution < 1.29 is 9.59 Å². The first-order valence-corrected chi connectivity index (χ1v) is 10.9. The van der Waals surface area contributed by atoms with E-state index in [1.54, 1.807) is 22.5 Å². The van der Waals surface area contributed by atoms with Gasteiger partial charge >= 0.3 is 0 Å². The fourth-order valence-electron chi connectivity index (χ4n) is 3.16. The van der Waals surface area contributed by atoms with E-state index in [2.05, 4.69) is 15.3 Å². The number of rotatable bonds is 4. The molecule has 2 aromatic heterocycles. The smallest absolute Gasteiger partial charge is 0.273 e. The zero-order chi connectivity index (χ0) is 19.5. The van der Waals surface area contributed by atoms with E-state index < -0.39 is 0 Å². The monoisotopic (exact) mass is 432 g/mol. The van der Waals surface area contributed by atoms with Crippen molar-refractivity contribution in [1.29, 1.82) is 0 Å². The SMILES string of the molecule is O=C(Nc1nccs1)C1CCCN(C(=O)c2csc(-c3cccc(Cl)c3)n2)C1. The van der Waals surface area contributed by atoms with Gasteiger partial charge in [0.05, 0.1) is 5.92 Å². The van der Waals surface area contributed by atoms with Crippen molar-refractivity contribution in [3.8, 4) is 10.6 Å². The number of likely N-dealkylation sites (tertiary alicyclic amines) is 1. The van der Waals surface area contributed by atoms with Gasteiger partial charge in [-0.05, 0) is 25.0 Å². The lowest BCUT2D eigenvalue weighted by Gasteiger charge is -2.31. The van der Waals surface area contributed by atoms with E-state index in [4.69, 9.17) is 11.6 Å². The molecule has 0 bridgehead atoms. The van der Waals surface area contributed by atoms with Crippen molar-refractivity contribution in [2.75, 3.05) is 18.4 Å². The van der Waals surface area contributed by atoms with E-state index in [0.29, 0.717) is 28.9 Å². The highest BCUT2D eigenvalue weighted by atomic mass is 35.5. The summed E-state index contributed by atoms with van der Waals surface area (Å²) in [7, 11) is 0. The molecule has 6 nitrogen and oxygen atoms in total. The molecule has 28 heavy (non-hydrogen) atoms. The van der Waals surface area contributed by atoms with Gasteiger partial charge in [-0.2, -0.15) is 0 Å². The lowest BCUT2D eigenvalue weighted by atomic mass is 9.97. The van der Waals surface area contributed by atoms with Crippen LogP contribution in [-0.4, -0.2) is 39.8 Å². The average Bonchev–Trinajstić information content (AvgIpc) is 3.39. The van der Waals surface area contributed by atoms with Gasteiger partial charge in [0, 0.05) is 40.6 Å². The Labute approximate surface area is 175 Å². The summed E-state index contributed by atoms with van der Waals surface area (Å²) in [6.07, 6.45) is 3.19. The van der Waals surface area contributed by atoms with Crippen LogP contribution in [0.15, 0.2) is 41.2 Å². The van der Waals surface area contributed by atoms with Crippen molar-refractivity contribution >= 4 is 51.2 Å². The van der Waals surface area contributed by atoms with Gasteiger partial charge in [0.1, 0.15) is 10.7 Å². The first-order chi connectivity index (χ1) is 13.6. The molecule has 1 aliphatic heterocycles. The molecule has 9 heteroatoms. The number of aromatic nitrogens is 2. The van der Waals surface area contributed by atoms with Gasteiger partial charge in [-0.25, -0.2) is 9.97 Å². The third kappa shape index (κ3) is 4.24. The molecule has 1 fully saturated rings. The highest BCUT2D eigenvalue weighted by Gasteiger charge is 2.30. The van der Waals surface area contributed by atoms with Crippen LogP contribution in [0.25, 0.3) is 10.6 Å². The number of nitrogens with zero attached hydrogens (tertiary/aromatic N) is 3. The highest BCUT2D eigenvalue weighted by Crippen LogP contribution is 2.27. The molecule has 1 atom stereocenters. The van der Waals surface area contributed by atoms with Crippen LogP contribution in [0.1, 0.15) is 23.3 Å². The van der Waals surface area contributed by atoms with Crippen LogP contribution in [0.4, 0.5) is 5.13 Å². The summed E-state index contributed by atoms with van der Waals surface area (Å²) < 4.78 is 0. The molecule has 0 saturated carbocycles. The topological polar surface area (TPSA) is 75.2 Å². The molecule has 1 saturated heterocycles. The van der Waals surface area contributed by atoms with Gasteiger partial charge in [-0.1, -0.05) is 23.7 Å². The number of thiazole rings is 2. The Balaban J connectivity index is 1.44. The van der Waals surface area contributed by atoms with E-state index in [9.17, 15) is 9.59 Å². The Hall–Kier alpha value is -2.29. The number of benzene rings is 1. The lowest BCUT2D eigenvalue weighted by Crippen LogP contribution is -2.43. The fraction of sp³-hybridized carbons (Fsp3) is 0.263. The van der Waals surface area contributed by atoms with Crippen molar-refractivity contribution in [3.63, 3.8) is 0 Å². The highest BCUT2D eigenvalue weighted by molar-refractivity contribution is 7.13. The van der Waals surface area contributed by atoms with Crippen LogP contribution in [0, 0.1) is 5.92 Å². The minimum atomic E-state index is -0.243. The summed E-state index contributed by atoms with van der Waals surface area (Å²) in [5.74, 6) is -0.478. The molecule has 1 aliphatic rings. The maximum absolute atomic E-state index is 12.9. The van der Waals surface area contributed by atoms with E-state index in [1.165, 1.54) is 22.7 Å². The Kier molecular flexibility index (Phi) is 5.70. The van der Waals surface area contributed by atoms with Gasteiger partial charge in [-0.3, -0.25) is 9.59 Å². The van der Waals surface area contributed by atoms with Crippen LogP contribution in [0.2, 0.25) is 5.02 Å². The molecule has 3 heterocycles. The van der Waals surface area contributed by atoms with Gasteiger partial charge < -0.3 is 10.2 Å². The molecule has 0 radical (unpaired) electrons. The quantitative estimate of drug-likeness (QED) is 0.662. The summed E-state index contributed by atoms with van der Waals surface area (Å²) in [6, 6.07) is 7.40. The van der Waals surface area contributed by atoms with Crippen LogP contribution in [-0.2, 0) is 4.79 Å². The van der Waals surface area contributed by atoms with Gasteiger partial charge in [0.2, 0.25) is 5.91 Å². The number of piperidine rings is 1. The predicted octanol–water partition coefficient (Wildman–Crippen LogP) is 4.41. The van der Waals surface area contributed by atoms with Crippen molar-refractivity contribution in [2.45, 2.75) is 12.8 Å². The predicted molar refractivity (Wildman–Crippen MR) is 112 cm³/mol. The van der Waals surface area contributed by atoms with E-state index in [0.717, 1.165) is 23.4 Å². The molecular weight excluding hydrogens is 416 g/mol. The molecule has 2 amide bonds. The normalized spacial score (nSPS) is 16.8. The maximum Gasteiger partial charge on any atom is 0.273 e. The third-order valence-electron chi connectivity index (χ3n) is 4.54. The molecular formula is C19H17ClN4O2S2. The van der Waals surface area contributed by atoms with Crippen molar-refractivity contribution in [2.24, 2.45) is 5.92 Å². The number of hydrogen-bond donors (Lipinski definition) is 1. The number of carbonyl (C=O) groups is 2. The van der Waals surface area contributed by atoms with E-state index in [1.807, 2.05) is 23.6 Å². The first-order valence-electron chi connectivity index (χ1n) is 8.81. The standard InChI is InChI=1S/C19H17ClN4O2S2/c20-14-5-1-3-12(9-14)17-22-15(11-28-17)18(26)24-7-2-4-13(10-24)16(25)23-19-21-6-8-27-19/h1,3,5-6,8-9,11,13H,2,4,7,10H2,(H,21,23,25). The zero-order valence-corrected chi connectivity index (χ0v) is 17.2. The third-order valence-corrected chi connectivity index (χ3v) is 6.35. The summed E-state index contributed by atoms with van der Waals surface area (Å²) >= 11 is 8.83. The Bertz CT molecular complexity index is 990. The number of nitrogens with one attached hydrogen (secondary N) is 1. The summed E-state index contributed by atoms with van der Waals surface area (Å²) in [5, 5.41) is 8.36. The summed E-state index contributed by atoms with van der Waals surface area (Å²) in [6.45, 7) is 1.02. The fourth-order valence-corrected chi connectivity index (χ4v) is 4.67. The summed E-state index contributed by atoms with van der Waals surface area (Å²) in [4.78, 5) is 35.7. The summed E-state index contributed by atoms with van der Waals surface area (Å²) in [5.41, 5.74) is 1.29. The minimum absolute atomic E-state index is 0.0923. The number of anilines is 1. The van der Waals surface area contributed by atoms with Crippen molar-refractivity contribution in [1.82, 2.24) is 14.9 Å². The molecule has 1 unspecified atom stereocenters. The number of carbonyl (C=O) groups excluding carboxylic acids is 2. The van der Waals surface area contributed by atoms with Crippen LogP contribution in [0.5, 0.6) is 0 Å². The molecule has 0 aliphatic carbocycles. The largest absolute Gasteiger partial charge is 0.336 e. The van der Waals surface area contributed by atoms with Gasteiger partial charge in [-0.15, -0.1) is 22.7 Å². The molecule has 1 N–H and O–H groups in total. The Morgan fingerprint density at radius 1 is 1.29 bits per heavy atom. The lowest BCUT2D eigenvalue weighted by molar-refractivity contribution is -0.121. The number of halogens is 1. The molecule has 3 aromatic rings. The van der Waals surface area contributed by atoms with Crippen molar-refractivity contribution in [3.05, 3.63) is 51.9 Å². The van der Waals surface area contributed by atoms with Gasteiger partial charge in [0.15, 0.2) is 5.13 Å².